The molecule has 0 saturated heterocycles. The molecule has 1 aromatic rings. The van der Waals surface area contributed by atoms with Gasteiger partial charge in [0.2, 0.25) is 5.82 Å². The number of ether oxygens (including phenoxy) is 1. The van der Waals surface area contributed by atoms with Crippen LogP contribution in [0.5, 0.6) is 5.75 Å². The van der Waals surface area contributed by atoms with Gasteiger partial charge >= 0.3 is 0 Å². The minimum Gasteiger partial charge on any atom is -0.490 e. The first kappa shape index (κ1) is 14.9. The number of hydrogen-bond donors (Lipinski definition) is 0. The molecule has 1 rings (SSSR count). The van der Waals surface area contributed by atoms with Crippen LogP contribution in [0, 0.1) is 17.6 Å². The van der Waals surface area contributed by atoms with Gasteiger partial charge in [0.25, 0.3) is 0 Å². The first-order valence-corrected chi connectivity index (χ1v) is 7.33. The molecule has 1 nitrogen and oxygen atoms in total. The quantitative estimate of drug-likeness (QED) is 0.509. The second-order valence-electron chi connectivity index (χ2n) is 3.82. The minimum absolute atomic E-state index is 0.0427. The smallest absolute Gasteiger partial charge is 0.200 e. The molecule has 0 aliphatic carbocycles. The molecule has 5 heteroatoms. The maximum Gasteiger partial charge on any atom is 0.200 e. The van der Waals surface area contributed by atoms with Crippen molar-refractivity contribution in [3.8, 4) is 5.75 Å². The zero-order valence-corrected chi connectivity index (χ0v) is 12.7. The molecule has 0 aromatic heterocycles. The van der Waals surface area contributed by atoms with Crippen molar-refractivity contribution < 1.29 is 13.5 Å². The van der Waals surface area contributed by atoms with Gasteiger partial charge in [-0.1, -0.05) is 45.2 Å². The van der Waals surface area contributed by atoms with Crippen LogP contribution in [0.25, 0.3) is 0 Å². The Labute approximate surface area is 117 Å². The van der Waals surface area contributed by atoms with E-state index in [1.807, 2.05) is 0 Å². The van der Waals surface area contributed by atoms with Crippen molar-refractivity contribution >= 4 is 31.9 Å². The lowest BCUT2D eigenvalue weighted by molar-refractivity contribution is 0.241. The molecule has 1 aromatic carbocycles. The fourth-order valence-corrected chi connectivity index (χ4v) is 2.38. The van der Waals surface area contributed by atoms with Crippen molar-refractivity contribution in [2.75, 3.05) is 11.9 Å². The molecule has 0 aliphatic rings. The van der Waals surface area contributed by atoms with E-state index < -0.39 is 11.6 Å². The van der Waals surface area contributed by atoms with Gasteiger partial charge in [-0.15, -0.1) is 0 Å². The van der Waals surface area contributed by atoms with E-state index in [1.165, 1.54) is 6.07 Å². The molecule has 0 radical (unpaired) electrons. The lowest BCUT2D eigenvalue weighted by Crippen LogP contribution is -2.14. The van der Waals surface area contributed by atoms with Gasteiger partial charge in [-0.25, -0.2) is 4.39 Å². The summed E-state index contributed by atoms with van der Waals surface area (Å²) in [5.41, 5.74) is 0. The van der Waals surface area contributed by atoms with Gasteiger partial charge in [0, 0.05) is 15.7 Å². The summed E-state index contributed by atoms with van der Waals surface area (Å²) >= 11 is 6.49. The second-order valence-corrected chi connectivity index (χ2v) is 5.38. The van der Waals surface area contributed by atoms with E-state index in [-0.39, 0.29) is 5.75 Å². The highest BCUT2D eigenvalue weighted by atomic mass is 79.9. The van der Waals surface area contributed by atoms with Gasteiger partial charge in [0.05, 0.1) is 6.61 Å². The van der Waals surface area contributed by atoms with Crippen molar-refractivity contribution in [2.24, 2.45) is 5.92 Å². The summed E-state index contributed by atoms with van der Waals surface area (Å²) in [5, 5.41) is 0.791. The maximum absolute atomic E-state index is 13.4. The topological polar surface area (TPSA) is 9.23 Å². The molecule has 0 amide bonds. The van der Waals surface area contributed by atoms with Gasteiger partial charge in [0.15, 0.2) is 11.6 Å². The van der Waals surface area contributed by atoms with Crippen molar-refractivity contribution in [1.29, 1.82) is 0 Å². The van der Waals surface area contributed by atoms with Crippen LogP contribution >= 0.6 is 31.9 Å². The van der Waals surface area contributed by atoms with Crippen LogP contribution in [0.3, 0.4) is 0 Å². The highest BCUT2D eigenvalue weighted by molar-refractivity contribution is 9.10. The molecule has 96 valence electrons. The van der Waals surface area contributed by atoms with E-state index in [2.05, 4.69) is 38.8 Å². The lowest BCUT2D eigenvalue weighted by atomic mass is 10.1. The van der Waals surface area contributed by atoms with Crippen LogP contribution < -0.4 is 4.74 Å². The van der Waals surface area contributed by atoms with Crippen LogP contribution in [0.15, 0.2) is 16.6 Å². The first-order chi connectivity index (χ1) is 8.08. The maximum atomic E-state index is 13.4. The molecule has 1 atom stereocenters. The monoisotopic (exact) mass is 370 g/mol. The van der Waals surface area contributed by atoms with Gasteiger partial charge in [0.1, 0.15) is 0 Å². The summed E-state index contributed by atoms with van der Waals surface area (Å²) in [4.78, 5) is 0. The van der Waals surface area contributed by atoms with Crippen molar-refractivity contribution in [1.82, 2.24) is 0 Å². The third kappa shape index (κ3) is 4.54. The molecule has 0 heterocycles. The van der Waals surface area contributed by atoms with Gasteiger partial charge < -0.3 is 4.74 Å². The molecule has 0 aliphatic heterocycles. The summed E-state index contributed by atoms with van der Waals surface area (Å²) in [6.45, 7) is 2.46. The fraction of sp³-hybridized carbons (Fsp3) is 0.500. The number of halogens is 4. The molecular weight excluding hydrogens is 358 g/mol. The molecule has 0 fully saturated rings. The van der Waals surface area contributed by atoms with E-state index in [1.54, 1.807) is 0 Å². The van der Waals surface area contributed by atoms with Gasteiger partial charge in [-0.3, -0.25) is 0 Å². The Kier molecular flexibility index (Phi) is 6.41. The molecule has 1 unspecified atom stereocenters. The average molecular weight is 372 g/mol. The van der Waals surface area contributed by atoms with E-state index in [9.17, 15) is 8.78 Å². The van der Waals surface area contributed by atoms with E-state index >= 15 is 0 Å². The summed E-state index contributed by atoms with van der Waals surface area (Å²) in [6, 6.07) is 2.52. The molecule has 0 bridgehead atoms. The average Bonchev–Trinajstić information content (AvgIpc) is 2.30. The van der Waals surface area contributed by atoms with Crippen LogP contribution in [0.1, 0.15) is 19.8 Å². The summed E-state index contributed by atoms with van der Waals surface area (Å²) in [5.74, 6) is -1.57. The Hall–Kier alpha value is -0.160. The Morgan fingerprint density at radius 1 is 1.35 bits per heavy atom. The lowest BCUT2D eigenvalue weighted by Gasteiger charge is -2.15. The summed E-state index contributed by atoms with van der Waals surface area (Å²) in [7, 11) is 0. The van der Waals surface area contributed by atoms with E-state index in [0.29, 0.717) is 17.0 Å². The Balaban J connectivity index is 2.68. The zero-order chi connectivity index (χ0) is 12.8. The molecular formula is C12H14Br2F2O. The fourth-order valence-electron chi connectivity index (χ4n) is 1.46. The largest absolute Gasteiger partial charge is 0.490 e. The number of hydrogen-bond acceptors (Lipinski definition) is 1. The van der Waals surface area contributed by atoms with Crippen molar-refractivity contribution in [2.45, 2.75) is 19.8 Å². The SMILES string of the molecule is CCCC(CBr)COc1cc(Br)cc(F)c1F. The Morgan fingerprint density at radius 2 is 2.06 bits per heavy atom. The normalized spacial score (nSPS) is 12.5. The second kappa shape index (κ2) is 7.31. The van der Waals surface area contributed by atoms with E-state index in [0.717, 1.165) is 24.2 Å². The predicted molar refractivity (Wildman–Crippen MR) is 71.7 cm³/mol. The van der Waals surface area contributed by atoms with E-state index in [4.69, 9.17) is 4.74 Å². The van der Waals surface area contributed by atoms with Crippen LogP contribution in [0.4, 0.5) is 8.78 Å². The van der Waals surface area contributed by atoms with Crippen LogP contribution in [-0.2, 0) is 0 Å². The van der Waals surface area contributed by atoms with Gasteiger partial charge in [-0.05, 0) is 18.6 Å². The standard InChI is InChI=1S/C12H14Br2F2O/c1-2-3-8(6-13)7-17-11-5-9(14)4-10(15)12(11)16/h4-5,8H,2-3,6-7H2,1H3. The molecule has 17 heavy (non-hydrogen) atoms. The summed E-state index contributed by atoms with van der Waals surface area (Å²) < 4.78 is 32.3. The van der Waals surface area contributed by atoms with Crippen LogP contribution in [-0.4, -0.2) is 11.9 Å². The van der Waals surface area contributed by atoms with Crippen molar-refractivity contribution in [3.63, 3.8) is 0 Å². The third-order valence-corrected chi connectivity index (χ3v) is 3.72. The predicted octanol–water partition coefficient (Wildman–Crippen LogP) is 4.92. The molecule has 0 spiro atoms. The van der Waals surface area contributed by atoms with Gasteiger partial charge in [-0.2, -0.15) is 4.39 Å². The Bertz CT molecular complexity index is 372. The first-order valence-electron chi connectivity index (χ1n) is 5.41. The number of alkyl halides is 1. The number of rotatable bonds is 6. The summed E-state index contributed by atoms with van der Waals surface area (Å²) in [6.07, 6.45) is 2.03. The van der Waals surface area contributed by atoms with Crippen molar-refractivity contribution in [3.05, 3.63) is 28.2 Å². The highest BCUT2D eigenvalue weighted by Crippen LogP contribution is 2.26. The highest BCUT2D eigenvalue weighted by Gasteiger charge is 2.13. The number of benzene rings is 1. The Morgan fingerprint density at radius 3 is 2.65 bits per heavy atom. The zero-order valence-electron chi connectivity index (χ0n) is 9.48. The molecule has 0 N–H and O–H groups in total. The van der Waals surface area contributed by atoms with Crippen LogP contribution in [0.2, 0.25) is 0 Å². The minimum atomic E-state index is -0.932. The third-order valence-electron chi connectivity index (χ3n) is 2.35. The molecule has 0 saturated carbocycles.